The molecule has 3 atom stereocenters. The van der Waals surface area contributed by atoms with Crippen LogP contribution < -0.4 is 10.1 Å². The molecule has 4 rings (SSSR count). The second kappa shape index (κ2) is 9.32. The number of halogens is 5. The van der Waals surface area contributed by atoms with E-state index in [1.54, 1.807) is 0 Å². The number of rotatable bonds is 5. The first-order valence-corrected chi connectivity index (χ1v) is 13.1. The Hall–Kier alpha value is -2.69. The number of sulfone groups is 1. The van der Waals surface area contributed by atoms with Crippen molar-refractivity contribution in [1.29, 1.82) is 0 Å². The van der Waals surface area contributed by atoms with Gasteiger partial charge in [-0.15, -0.1) is 0 Å². The fraction of sp³-hybridized carbons (Fsp3) is 0.480. The van der Waals surface area contributed by atoms with Crippen LogP contribution in [0.15, 0.2) is 41.3 Å². The summed E-state index contributed by atoms with van der Waals surface area (Å²) in [6.45, 7) is 3.38. The molecule has 36 heavy (non-hydrogen) atoms. The maximum Gasteiger partial charge on any atom is 0.416 e. The van der Waals surface area contributed by atoms with Crippen LogP contribution in [0.1, 0.15) is 50.7 Å². The highest BCUT2D eigenvalue weighted by Crippen LogP contribution is 2.57. The third-order valence-electron chi connectivity index (χ3n) is 7.01. The first kappa shape index (κ1) is 26.4. The van der Waals surface area contributed by atoms with E-state index in [9.17, 15) is 30.8 Å². The second-order valence-corrected chi connectivity index (χ2v) is 11.9. The molecule has 2 aromatic rings. The smallest absolute Gasteiger partial charge is 0.416 e. The quantitative estimate of drug-likeness (QED) is 0.527. The van der Waals surface area contributed by atoms with Crippen molar-refractivity contribution in [3.05, 3.63) is 59.2 Å². The van der Waals surface area contributed by atoms with Gasteiger partial charge in [0, 0.05) is 18.4 Å². The average Bonchev–Trinajstić information content (AvgIpc) is 2.79. The van der Waals surface area contributed by atoms with Crippen molar-refractivity contribution >= 4 is 15.7 Å². The number of hydrogen-bond acceptors (Lipinski definition) is 4. The van der Waals surface area contributed by atoms with Crippen molar-refractivity contribution in [3.8, 4) is 5.75 Å². The number of amides is 1. The molecule has 0 radical (unpaired) electrons. The van der Waals surface area contributed by atoms with E-state index in [1.165, 1.54) is 0 Å². The molecule has 1 heterocycles. The van der Waals surface area contributed by atoms with Crippen molar-refractivity contribution in [1.82, 2.24) is 5.32 Å². The van der Waals surface area contributed by atoms with Crippen LogP contribution in [0.25, 0.3) is 0 Å². The van der Waals surface area contributed by atoms with Crippen LogP contribution >= 0.6 is 0 Å². The Bertz CT molecular complexity index is 1260. The van der Waals surface area contributed by atoms with Crippen molar-refractivity contribution in [2.45, 2.75) is 61.4 Å². The third-order valence-corrected chi connectivity index (χ3v) is 9.60. The van der Waals surface area contributed by atoms with Crippen molar-refractivity contribution in [2.24, 2.45) is 11.8 Å². The third kappa shape index (κ3) is 4.46. The van der Waals surface area contributed by atoms with Crippen LogP contribution in [0.2, 0.25) is 0 Å². The Morgan fingerprint density at radius 3 is 2.36 bits per heavy atom. The molecule has 1 aliphatic carbocycles. The summed E-state index contributed by atoms with van der Waals surface area (Å²) in [5, 5.41) is 2.79. The van der Waals surface area contributed by atoms with E-state index in [2.05, 4.69) is 5.32 Å². The van der Waals surface area contributed by atoms with Crippen LogP contribution in [0.5, 0.6) is 5.75 Å². The predicted octanol–water partition coefficient (Wildman–Crippen LogP) is 5.38. The SMILES string of the molecule is CC(C)NC(=O)C[C@@H]1CC[C@@]2(S(=O)(=O)c3ccc(C(F)(F)F)cc3)c3c(F)ccc(F)c3OC[C@H]2C1. The number of hydrogen-bond donors (Lipinski definition) is 1. The Morgan fingerprint density at radius 1 is 1.11 bits per heavy atom. The van der Waals surface area contributed by atoms with Gasteiger partial charge in [-0.05, 0) is 75.4 Å². The molecular formula is C25H26F5NO4S. The fourth-order valence-electron chi connectivity index (χ4n) is 5.47. The monoisotopic (exact) mass is 531 g/mol. The minimum atomic E-state index is -4.67. The van der Waals surface area contributed by atoms with Gasteiger partial charge >= 0.3 is 6.18 Å². The molecule has 0 saturated heterocycles. The zero-order valence-electron chi connectivity index (χ0n) is 19.7. The molecule has 0 aromatic heterocycles. The lowest BCUT2D eigenvalue weighted by molar-refractivity contribution is -0.137. The lowest BCUT2D eigenvalue weighted by Gasteiger charge is -2.49. The Balaban J connectivity index is 1.81. The van der Waals surface area contributed by atoms with E-state index in [0.29, 0.717) is 12.1 Å². The largest absolute Gasteiger partial charge is 0.490 e. The summed E-state index contributed by atoms with van der Waals surface area (Å²) in [5.41, 5.74) is -1.47. The zero-order chi connectivity index (χ0) is 26.5. The molecule has 1 aliphatic heterocycles. The number of nitrogens with one attached hydrogen (secondary N) is 1. The van der Waals surface area contributed by atoms with Gasteiger partial charge in [-0.3, -0.25) is 4.79 Å². The average molecular weight is 532 g/mol. The summed E-state index contributed by atoms with van der Waals surface area (Å²) in [6, 6.07) is 4.59. The van der Waals surface area contributed by atoms with Crippen LogP contribution in [-0.2, 0) is 25.6 Å². The second-order valence-electron chi connectivity index (χ2n) is 9.72. The normalized spacial score (nSPS) is 24.0. The van der Waals surface area contributed by atoms with E-state index in [-0.39, 0.29) is 50.2 Å². The summed E-state index contributed by atoms with van der Waals surface area (Å²) in [4.78, 5) is 11.9. The highest BCUT2D eigenvalue weighted by molar-refractivity contribution is 7.92. The van der Waals surface area contributed by atoms with Gasteiger partial charge in [0.1, 0.15) is 10.6 Å². The molecule has 2 aromatic carbocycles. The van der Waals surface area contributed by atoms with Gasteiger partial charge in [0.05, 0.1) is 22.6 Å². The van der Waals surface area contributed by atoms with Crippen molar-refractivity contribution in [3.63, 3.8) is 0 Å². The van der Waals surface area contributed by atoms with E-state index in [0.717, 1.165) is 24.3 Å². The van der Waals surface area contributed by atoms with Crippen molar-refractivity contribution < 1.29 is 39.9 Å². The van der Waals surface area contributed by atoms with Gasteiger partial charge in [0.2, 0.25) is 5.91 Å². The highest BCUT2D eigenvalue weighted by Gasteiger charge is 2.59. The predicted molar refractivity (Wildman–Crippen MR) is 121 cm³/mol. The standard InChI is InChI=1S/C25H26F5NO4S/c1-14(2)31-21(32)12-15-9-10-24(36(33,34)18-5-3-16(4-6-18)25(28,29)30)17(11-15)13-35-23-20(27)8-7-19(26)22(23)24/h3-8,14-15,17H,9-13H2,1-2H3,(H,31,32)/t15-,17-,24+/m1/s1. The summed E-state index contributed by atoms with van der Waals surface area (Å²) in [7, 11) is -4.52. The summed E-state index contributed by atoms with van der Waals surface area (Å²) >= 11 is 0. The van der Waals surface area contributed by atoms with Gasteiger partial charge in [0.15, 0.2) is 21.4 Å². The number of fused-ring (bicyclic) bond motifs is 3. The lowest BCUT2D eigenvalue weighted by Crippen LogP contribution is -2.52. The molecule has 5 nitrogen and oxygen atoms in total. The van der Waals surface area contributed by atoms with Crippen LogP contribution in [-0.4, -0.2) is 27.0 Å². The van der Waals surface area contributed by atoms with E-state index in [1.807, 2.05) is 13.8 Å². The minimum Gasteiger partial charge on any atom is -0.490 e. The molecule has 0 spiro atoms. The van der Waals surface area contributed by atoms with Gasteiger partial charge in [-0.25, -0.2) is 17.2 Å². The Kier molecular flexibility index (Phi) is 6.83. The first-order valence-electron chi connectivity index (χ1n) is 11.6. The Morgan fingerprint density at radius 2 is 1.75 bits per heavy atom. The highest BCUT2D eigenvalue weighted by atomic mass is 32.2. The molecule has 0 bridgehead atoms. The van der Waals surface area contributed by atoms with Gasteiger partial charge in [-0.2, -0.15) is 13.2 Å². The molecule has 196 valence electrons. The maximum atomic E-state index is 15.3. The summed E-state index contributed by atoms with van der Waals surface area (Å²) in [6.07, 6.45) is -4.28. The number of alkyl halides is 3. The molecule has 1 fully saturated rings. The fourth-order valence-corrected chi connectivity index (χ4v) is 7.83. The van der Waals surface area contributed by atoms with Crippen LogP contribution in [0.3, 0.4) is 0 Å². The number of carbonyl (C=O) groups excluding carboxylic acids is 1. The van der Waals surface area contributed by atoms with Gasteiger partial charge in [-0.1, -0.05) is 0 Å². The lowest BCUT2D eigenvalue weighted by atomic mass is 9.68. The molecule has 1 amide bonds. The topological polar surface area (TPSA) is 72.5 Å². The maximum absolute atomic E-state index is 15.3. The molecule has 2 aliphatic rings. The van der Waals surface area contributed by atoms with Gasteiger partial charge in [0.25, 0.3) is 0 Å². The Labute approximate surface area is 205 Å². The van der Waals surface area contributed by atoms with E-state index in [4.69, 9.17) is 4.74 Å². The molecule has 0 unspecified atom stereocenters. The van der Waals surface area contributed by atoms with Crippen LogP contribution in [0.4, 0.5) is 22.0 Å². The summed E-state index contributed by atoms with van der Waals surface area (Å²) in [5.74, 6) is -3.68. The minimum absolute atomic E-state index is 0.0813. The number of carbonyl (C=O) groups is 1. The van der Waals surface area contributed by atoms with E-state index < -0.39 is 60.1 Å². The summed E-state index contributed by atoms with van der Waals surface area (Å²) < 4.78 is 101. The first-order chi connectivity index (χ1) is 16.8. The molecule has 11 heteroatoms. The van der Waals surface area contributed by atoms with Crippen molar-refractivity contribution in [2.75, 3.05) is 6.61 Å². The van der Waals surface area contributed by atoms with Gasteiger partial charge < -0.3 is 10.1 Å². The number of benzene rings is 2. The number of ether oxygens (including phenoxy) is 1. The molecular weight excluding hydrogens is 505 g/mol. The zero-order valence-corrected chi connectivity index (χ0v) is 20.5. The van der Waals surface area contributed by atoms with Crippen LogP contribution in [0, 0.1) is 23.5 Å². The molecule has 1 N–H and O–H groups in total. The van der Waals surface area contributed by atoms with E-state index >= 15 is 4.39 Å². The molecule has 1 saturated carbocycles.